The Kier molecular flexibility index (Phi) is 7.61. The third-order valence-electron chi connectivity index (χ3n) is 11.1. The average Bonchev–Trinajstić information content (AvgIpc) is 3.34. The number of Topliss-reactive ketones (excluding diaryl/α,β-unsaturated/α-hetero) is 1. The van der Waals surface area contributed by atoms with Gasteiger partial charge in [0, 0.05) is 31.3 Å². The zero-order valence-electron chi connectivity index (χ0n) is 22.3. The van der Waals surface area contributed by atoms with Crippen LogP contribution in [-0.2, 0) is 14.3 Å². The number of ether oxygens (including phenoxy) is 2. The summed E-state index contributed by atoms with van der Waals surface area (Å²) in [6, 6.07) is 0. The summed E-state index contributed by atoms with van der Waals surface area (Å²) in [6.07, 6.45) is -1.80. The molecule has 2 heterocycles. The Balaban J connectivity index is 1.20. The zero-order valence-corrected chi connectivity index (χ0v) is 22.3. The van der Waals surface area contributed by atoms with Gasteiger partial charge in [-0.2, -0.15) is 0 Å². The molecule has 0 radical (unpaired) electrons. The van der Waals surface area contributed by atoms with E-state index in [-0.39, 0.29) is 36.1 Å². The highest BCUT2D eigenvalue weighted by atomic mass is 16.5. The number of nitrogens with zero attached hydrogens (tertiary/aromatic N) is 1. The first kappa shape index (κ1) is 28.0. The molecule has 6 rings (SSSR count). The highest BCUT2D eigenvalue weighted by Crippen LogP contribution is 2.57. The minimum atomic E-state index is -2.08. The van der Waals surface area contributed by atoms with Crippen LogP contribution in [-0.4, -0.2) is 117 Å². The summed E-state index contributed by atoms with van der Waals surface area (Å²) in [7, 11) is 0. The van der Waals surface area contributed by atoms with E-state index in [2.05, 4.69) is 11.0 Å². The van der Waals surface area contributed by atoms with E-state index >= 15 is 0 Å². The van der Waals surface area contributed by atoms with Crippen LogP contribution in [0.25, 0.3) is 0 Å². The molecule has 0 amide bonds. The van der Waals surface area contributed by atoms with Crippen molar-refractivity contribution in [1.29, 1.82) is 0 Å². The third-order valence-corrected chi connectivity index (χ3v) is 11.1. The fourth-order valence-corrected chi connectivity index (χ4v) is 9.15. The molecule has 6 aliphatic rings. The molecule has 0 spiro atoms. The van der Waals surface area contributed by atoms with E-state index in [1.807, 2.05) is 0 Å². The molecule has 11 nitrogen and oxygen atoms in total. The van der Waals surface area contributed by atoms with E-state index in [0.29, 0.717) is 19.3 Å². The van der Waals surface area contributed by atoms with E-state index in [9.17, 15) is 35.4 Å². The smallest absolute Gasteiger partial charge is 0.144 e. The predicted molar refractivity (Wildman–Crippen MR) is 137 cm³/mol. The van der Waals surface area contributed by atoms with Gasteiger partial charge in [-0.25, -0.2) is 0 Å². The second-order valence-electron chi connectivity index (χ2n) is 13.0. The number of nitrogens with two attached hydrogens (primary N) is 1. The molecule has 220 valence electrons. The lowest BCUT2D eigenvalue weighted by molar-refractivity contribution is -0.276. The topological polar surface area (TPSA) is 186 Å². The summed E-state index contributed by atoms with van der Waals surface area (Å²) in [5.41, 5.74) is 3.51. The van der Waals surface area contributed by atoms with Crippen molar-refractivity contribution < 1.29 is 44.9 Å². The molecule has 4 aliphatic carbocycles. The van der Waals surface area contributed by atoms with E-state index in [0.717, 1.165) is 51.4 Å². The Morgan fingerprint density at radius 3 is 2.46 bits per heavy atom. The van der Waals surface area contributed by atoms with Gasteiger partial charge in [0.25, 0.3) is 0 Å². The normalized spacial score (nSPS) is 51.3. The van der Waals surface area contributed by atoms with E-state index in [1.165, 1.54) is 0 Å². The highest BCUT2D eigenvalue weighted by Gasteiger charge is 2.67. The van der Waals surface area contributed by atoms with Gasteiger partial charge in [-0.1, -0.05) is 0 Å². The molecular formula is C28H44N2O9. The molecule has 0 aromatic heterocycles. The number of fused-ring (bicyclic) bond motifs is 3. The lowest BCUT2D eigenvalue weighted by Crippen LogP contribution is -2.73. The standard InChI is InChI=1S/C28H44N2O9/c29-27(36)23-19(32)11-14-9-13-10-17-16(20-4-1-15(39-20)12-30-5-7-38-8-6-30)2-3-18(31)22(17)24(33)21(13)25(34)28(14,37)26(23)35/h1,13-14,16-23,25-27,31-32,34-37H,2-12,29H2/t13-,14+,16?,17?,18?,19?,20?,21?,22?,23?,25?,26?,27?,28+/m1/s1. The average molecular weight is 553 g/mol. The van der Waals surface area contributed by atoms with Crippen LogP contribution in [0.2, 0.25) is 0 Å². The second kappa shape index (κ2) is 10.6. The monoisotopic (exact) mass is 552 g/mol. The molecule has 0 aromatic carbocycles. The third kappa shape index (κ3) is 4.58. The zero-order chi connectivity index (χ0) is 27.6. The predicted octanol–water partition coefficient (Wildman–Crippen LogP) is -1.67. The van der Waals surface area contributed by atoms with Crippen molar-refractivity contribution in [2.75, 3.05) is 32.8 Å². The summed E-state index contributed by atoms with van der Waals surface area (Å²) in [4.78, 5) is 16.3. The Hall–Kier alpha value is -1.15. The van der Waals surface area contributed by atoms with Crippen LogP contribution in [0.4, 0.5) is 0 Å². The molecule has 11 heteroatoms. The minimum Gasteiger partial charge on any atom is -0.493 e. The lowest BCUT2D eigenvalue weighted by Gasteiger charge is -2.60. The number of ketones is 1. The fourth-order valence-electron chi connectivity index (χ4n) is 9.15. The number of hydrogen-bond donors (Lipinski definition) is 7. The number of rotatable bonds is 4. The molecule has 0 bridgehead atoms. The van der Waals surface area contributed by atoms with Crippen molar-refractivity contribution in [2.45, 2.75) is 80.9 Å². The van der Waals surface area contributed by atoms with Crippen LogP contribution < -0.4 is 5.73 Å². The van der Waals surface area contributed by atoms with E-state index < -0.39 is 59.9 Å². The number of morpholine rings is 1. The van der Waals surface area contributed by atoms with Crippen molar-refractivity contribution in [1.82, 2.24) is 4.90 Å². The molecule has 14 atom stereocenters. The van der Waals surface area contributed by atoms with Gasteiger partial charge >= 0.3 is 0 Å². The molecule has 4 saturated carbocycles. The van der Waals surface area contributed by atoms with Crippen LogP contribution in [0.5, 0.6) is 0 Å². The summed E-state index contributed by atoms with van der Waals surface area (Å²) >= 11 is 0. The molecule has 0 aromatic rings. The summed E-state index contributed by atoms with van der Waals surface area (Å²) in [5, 5.41) is 65.7. The maximum atomic E-state index is 14.0. The van der Waals surface area contributed by atoms with Crippen molar-refractivity contribution in [3.8, 4) is 0 Å². The largest absolute Gasteiger partial charge is 0.493 e. The Labute approximate surface area is 228 Å². The van der Waals surface area contributed by atoms with E-state index in [1.54, 1.807) is 0 Å². The SMILES string of the molecule is NC(O)C1C(O)C[C@@H]2C[C@@H]3CC4C(C5CC=C(CN6CCOCC6)O5)CCC(O)C4C(=O)C3C(O)[C@]2(O)C1O. The first-order chi connectivity index (χ1) is 18.6. The summed E-state index contributed by atoms with van der Waals surface area (Å²) in [5.74, 6) is -3.12. The first-order valence-corrected chi connectivity index (χ1v) is 14.7. The van der Waals surface area contributed by atoms with Gasteiger partial charge in [-0.15, -0.1) is 0 Å². The lowest BCUT2D eigenvalue weighted by atomic mass is 9.48. The van der Waals surface area contributed by atoms with Crippen LogP contribution in [0.1, 0.15) is 38.5 Å². The summed E-state index contributed by atoms with van der Waals surface area (Å²) in [6.45, 7) is 3.91. The minimum absolute atomic E-state index is 0.0572. The molecule has 39 heavy (non-hydrogen) atoms. The van der Waals surface area contributed by atoms with Crippen molar-refractivity contribution in [2.24, 2.45) is 47.2 Å². The molecule has 5 fully saturated rings. The molecule has 2 aliphatic heterocycles. The Bertz CT molecular complexity index is 957. The van der Waals surface area contributed by atoms with Gasteiger partial charge in [0.1, 0.15) is 29.5 Å². The summed E-state index contributed by atoms with van der Waals surface area (Å²) < 4.78 is 11.9. The van der Waals surface area contributed by atoms with Crippen molar-refractivity contribution in [3.63, 3.8) is 0 Å². The molecular weight excluding hydrogens is 508 g/mol. The Morgan fingerprint density at radius 1 is 1.00 bits per heavy atom. The fraction of sp³-hybridized carbons (Fsp3) is 0.893. The van der Waals surface area contributed by atoms with Gasteiger partial charge in [0.2, 0.25) is 0 Å². The molecule has 1 saturated heterocycles. The van der Waals surface area contributed by atoms with Gasteiger partial charge in [-0.3, -0.25) is 9.69 Å². The molecule has 11 unspecified atom stereocenters. The second-order valence-corrected chi connectivity index (χ2v) is 13.0. The number of carbonyl (C=O) groups excluding carboxylic acids is 1. The number of aliphatic hydroxyl groups is 6. The van der Waals surface area contributed by atoms with Crippen molar-refractivity contribution in [3.05, 3.63) is 11.8 Å². The van der Waals surface area contributed by atoms with Gasteiger partial charge < -0.3 is 45.8 Å². The number of carbonyl (C=O) groups is 1. The number of aliphatic hydroxyl groups excluding tert-OH is 5. The van der Waals surface area contributed by atoms with Gasteiger partial charge in [0.05, 0.1) is 50.1 Å². The van der Waals surface area contributed by atoms with Gasteiger partial charge in [0.15, 0.2) is 0 Å². The Morgan fingerprint density at radius 2 is 1.74 bits per heavy atom. The van der Waals surface area contributed by atoms with Gasteiger partial charge in [-0.05, 0) is 61.9 Å². The van der Waals surface area contributed by atoms with Crippen LogP contribution in [0.15, 0.2) is 11.8 Å². The maximum absolute atomic E-state index is 14.0. The quantitative estimate of drug-likeness (QED) is 0.198. The van der Waals surface area contributed by atoms with Crippen LogP contribution in [0, 0.1) is 41.4 Å². The van der Waals surface area contributed by atoms with Crippen LogP contribution in [0.3, 0.4) is 0 Å². The van der Waals surface area contributed by atoms with Crippen molar-refractivity contribution >= 4 is 5.78 Å². The van der Waals surface area contributed by atoms with Crippen LogP contribution >= 0.6 is 0 Å². The van der Waals surface area contributed by atoms with E-state index in [4.69, 9.17) is 15.2 Å². The first-order valence-electron chi connectivity index (χ1n) is 14.7. The highest BCUT2D eigenvalue weighted by molar-refractivity contribution is 5.86. The maximum Gasteiger partial charge on any atom is 0.144 e. The number of hydrogen-bond acceptors (Lipinski definition) is 11. The molecule has 8 N–H and O–H groups in total.